The van der Waals surface area contributed by atoms with Crippen molar-refractivity contribution in [1.29, 1.82) is 0 Å². The van der Waals surface area contributed by atoms with Gasteiger partial charge < -0.3 is 14.2 Å². The van der Waals surface area contributed by atoms with Gasteiger partial charge in [0.1, 0.15) is 11.5 Å². The number of hydrogen-bond acceptors (Lipinski definition) is 3. The van der Waals surface area contributed by atoms with E-state index in [1.165, 1.54) is 0 Å². The SMILES string of the molecule is C=C(OC)/C(=C/c1ccc(OC)cc1)COC. The zero-order chi connectivity index (χ0) is 12.7. The standard InChI is InChI=1S/C14H18O3/c1-11(16-3)13(10-15-2)9-12-5-7-14(17-4)8-6-12/h5-9H,1,10H2,2-4H3/b13-9+. The molecule has 0 amide bonds. The van der Waals surface area contributed by atoms with Crippen LogP contribution in [0, 0.1) is 0 Å². The molecule has 0 atom stereocenters. The van der Waals surface area contributed by atoms with Crippen LogP contribution in [0.1, 0.15) is 5.56 Å². The molecule has 0 radical (unpaired) electrons. The molecule has 0 aliphatic carbocycles. The largest absolute Gasteiger partial charge is 0.497 e. The van der Waals surface area contributed by atoms with Crippen LogP contribution in [-0.4, -0.2) is 27.9 Å². The number of hydrogen-bond donors (Lipinski definition) is 0. The van der Waals surface area contributed by atoms with Crippen molar-refractivity contribution in [3.05, 3.63) is 47.7 Å². The maximum Gasteiger partial charge on any atom is 0.118 e. The molecule has 3 heteroatoms. The first-order valence-electron chi connectivity index (χ1n) is 5.28. The van der Waals surface area contributed by atoms with Gasteiger partial charge in [-0.1, -0.05) is 18.7 Å². The zero-order valence-electron chi connectivity index (χ0n) is 10.5. The summed E-state index contributed by atoms with van der Waals surface area (Å²) in [4.78, 5) is 0. The van der Waals surface area contributed by atoms with Gasteiger partial charge >= 0.3 is 0 Å². The van der Waals surface area contributed by atoms with E-state index in [2.05, 4.69) is 6.58 Å². The summed E-state index contributed by atoms with van der Waals surface area (Å²) in [5, 5.41) is 0. The molecule has 92 valence electrons. The number of methoxy groups -OCH3 is 3. The van der Waals surface area contributed by atoms with Crippen molar-refractivity contribution in [2.24, 2.45) is 0 Å². The molecule has 1 aromatic carbocycles. The summed E-state index contributed by atoms with van der Waals surface area (Å²) in [6.45, 7) is 4.30. The normalized spacial score (nSPS) is 11.1. The number of benzene rings is 1. The molecule has 0 bridgehead atoms. The molecule has 0 unspecified atom stereocenters. The topological polar surface area (TPSA) is 27.7 Å². The van der Waals surface area contributed by atoms with Crippen molar-refractivity contribution in [3.63, 3.8) is 0 Å². The van der Waals surface area contributed by atoms with Gasteiger partial charge in [-0.25, -0.2) is 0 Å². The van der Waals surface area contributed by atoms with E-state index in [1.54, 1.807) is 21.3 Å². The Morgan fingerprint density at radius 1 is 1.18 bits per heavy atom. The molecule has 3 nitrogen and oxygen atoms in total. The summed E-state index contributed by atoms with van der Waals surface area (Å²) in [5.74, 6) is 1.45. The Labute approximate surface area is 102 Å². The lowest BCUT2D eigenvalue weighted by atomic mass is 10.1. The van der Waals surface area contributed by atoms with E-state index in [-0.39, 0.29) is 0 Å². The Bertz CT molecular complexity index is 390. The van der Waals surface area contributed by atoms with E-state index in [9.17, 15) is 0 Å². The molecule has 0 heterocycles. The first kappa shape index (κ1) is 13.3. The van der Waals surface area contributed by atoms with Gasteiger partial charge in [0, 0.05) is 12.7 Å². The highest BCUT2D eigenvalue weighted by atomic mass is 16.5. The zero-order valence-corrected chi connectivity index (χ0v) is 10.5. The third-order valence-corrected chi connectivity index (χ3v) is 2.36. The van der Waals surface area contributed by atoms with Gasteiger partial charge in [0.25, 0.3) is 0 Å². The van der Waals surface area contributed by atoms with Gasteiger partial charge in [-0.05, 0) is 23.8 Å². The van der Waals surface area contributed by atoms with Crippen LogP contribution in [0.4, 0.5) is 0 Å². The Kier molecular flexibility index (Phi) is 5.30. The maximum atomic E-state index is 5.11. The molecule has 0 aliphatic rings. The van der Waals surface area contributed by atoms with Gasteiger partial charge in [0.2, 0.25) is 0 Å². The molecule has 0 saturated heterocycles. The molecule has 17 heavy (non-hydrogen) atoms. The summed E-state index contributed by atoms with van der Waals surface area (Å²) in [6.07, 6.45) is 1.98. The van der Waals surface area contributed by atoms with Crippen LogP contribution in [0.2, 0.25) is 0 Å². The molecule has 1 rings (SSSR count). The summed E-state index contributed by atoms with van der Waals surface area (Å²) >= 11 is 0. The van der Waals surface area contributed by atoms with Crippen molar-refractivity contribution in [2.45, 2.75) is 0 Å². The predicted molar refractivity (Wildman–Crippen MR) is 69.0 cm³/mol. The Hall–Kier alpha value is -1.74. The molecular formula is C14H18O3. The molecule has 0 aromatic heterocycles. The maximum absolute atomic E-state index is 5.11. The number of rotatable bonds is 6. The molecule has 0 N–H and O–H groups in total. The van der Waals surface area contributed by atoms with Crippen LogP contribution < -0.4 is 4.74 Å². The van der Waals surface area contributed by atoms with Gasteiger partial charge in [0.15, 0.2) is 0 Å². The highest BCUT2D eigenvalue weighted by Gasteiger charge is 2.03. The second-order valence-electron chi connectivity index (χ2n) is 3.50. The summed E-state index contributed by atoms with van der Waals surface area (Å²) < 4.78 is 15.3. The lowest BCUT2D eigenvalue weighted by molar-refractivity contribution is 0.213. The highest BCUT2D eigenvalue weighted by molar-refractivity contribution is 5.58. The first-order valence-corrected chi connectivity index (χ1v) is 5.28. The van der Waals surface area contributed by atoms with Gasteiger partial charge in [-0.2, -0.15) is 0 Å². The van der Waals surface area contributed by atoms with E-state index >= 15 is 0 Å². The van der Waals surface area contributed by atoms with Gasteiger partial charge in [-0.15, -0.1) is 0 Å². The minimum absolute atomic E-state index is 0.471. The van der Waals surface area contributed by atoms with Crippen molar-refractivity contribution < 1.29 is 14.2 Å². The van der Waals surface area contributed by atoms with Crippen molar-refractivity contribution in [2.75, 3.05) is 27.9 Å². The van der Waals surface area contributed by atoms with Crippen LogP contribution in [-0.2, 0) is 9.47 Å². The first-order chi connectivity index (χ1) is 8.21. The van der Waals surface area contributed by atoms with E-state index < -0.39 is 0 Å². The third kappa shape index (κ3) is 3.96. The average molecular weight is 234 g/mol. The van der Waals surface area contributed by atoms with E-state index in [0.29, 0.717) is 12.4 Å². The molecule has 0 spiro atoms. The molecular weight excluding hydrogens is 216 g/mol. The van der Waals surface area contributed by atoms with Crippen molar-refractivity contribution >= 4 is 6.08 Å². The Balaban J connectivity index is 2.91. The summed E-state index contributed by atoms with van der Waals surface area (Å²) in [5.41, 5.74) is 1.97. The quantitative estimate of drug-likeness (QED) is 0.559. The van der Waals surface area contributed by atoms with Gasteiger partial charge in [-0.3, -0.25) is 0 Å². The second kappa shape index (κ2) is 6.76. The minimum atomic E-state index is 0.471. The fourth-order valence-corrected chi connectivity index (χ4v) is 1.39. The van der Waals surface area contributed by atoms with E-state index in [1.807, 2.05) is 30.3 Å². The van der Waals surface area contributed by atoms with E-state index in [4.69, 9.17) is 14.2 Å². The second-order valence-corrected chi connectivity index (χ2v) is 3.50. The van der Waals surface area contributed by atoms with Gasteiger partial charge in [0.05, 0.1) is 20.8 Å². The predicted octanol–water partition coefficient (Wildman–Crippen LogP) is 2.89. The van der Waals surface area contributed by atoms with Crippen molar-refractivity contribution in [3.8, 4) is 5.75 Å². The summed E-state index contributed by atoms with van der Waals surface area (Å²) in [6, 6.07) is 7.76. The average Bonchev–Trinajstić information content (AvgIpc) is 2.38. The van der Waals surface area contributed by atoms with Crippen LogP contribution >= 0.6 is 0 Å². The molecule has 1 aromatic rings. The lowest BCUT2D eigenvalue weighted by Crippen LogP contribution is -1.99. The van der Waals surface area contributed by atoms with Crippen LogP contribution in [0.5, 0.6) is 5.75 Å². The monoisotopic (exact) mass is 234 g/mol. The van der Waals surface area contributed by atoms with E-state index in [0.717, 1.165) is 16.9 Å². The molecule has 0 fully saturated rings. The fraction of sp³-hybridized carbons (Fsp3) is 0.286. The van der Waals surface area contributed by atoms with Crippen LogP contribution in [0.25, 0.3) is 6.08 Å². The molecule has 0 saturated carbocycles. The lowest BCUT2D eigenvalue weighted by Gasteiger charge is -2.09. The smallest absolute Gasteiger partial charge is 0.118 e. The highest BCUT2D eigenvalue weighted by Crippen LogP contribution is 2.17. The fourth-order valence-electron chi connectivity index (χ4n) is 1.39. The Morgan fingerprint density at radius 3 is 2.29 bits per heavy atom. The van der Waals surface area contributed by atoms with Crippen molar-refractivity contribution in [1.82, 2.24) is 0 Å². The molecule has 0 aliphatic heterocycles. The summed E-state index contributed by atoms with van der Waals surface area (Å²) in [7, 11) is 4.89. The minimum Gasteiger partial charge on any atom is -0.497 e. The number of ether oxygens (including phenoxy) is 3. The third-order valence-electron chi connectivity index (χ3n) is 2.36. The van der Waals surface area contributed by atoms with Crippen LogP contribution in [0.15, 0.2) is 42.2 Å². The van der Waals surface area contributed by atoms with Crippen LogP contribution in [0.3, 0.4) is 0 Å². The Morgan fingerprint density at radius 2 is 1.82 bits per heavy atom.